The zero-order valence-electron chi connectivity index (χ0n) is 10.5. The molecule has 2 rings (SSSR count). The van der Waals surface area contributed by atoms with Crippen molar-refractivity contribution in [1.82, 2.24) is 14.7 Å². The van der Waals surface area contributed by atoms with Crippen molar-refractivity contribution in [2.24, 2.45) is 0 Å². The molecule has 0 saturated heterocycles. The number of halogens is 1. The van der Waals surface area contributed by atoms with Crippen LogP contribution in [0.2, 0.25) is 0 Å². The van der Waals surface area contributed by atoms with Gasteiger partial charge in [-0.1, -0.05) is 5.16 Å². The van der Waals surface area contributed by atoms with E-state index >= 15 is 0 Å². The first kappa shape index (κ1) is 12.8. The molecule has 18 heavy (non-hydrogen) atoms. The van der Waals surface area contributed by atoms with Crippen molar-refractivity contribution in [2.45, 2.75) is 27.3 Å². The highest BCUT2D eigenvalue weighted by molar-refractivity contribution is 6.30. The Morgan fingerprint density at radius 2 is 2.17 bits per heavy atom. The zero-order valence-corrected chi connectivity index (χ0v) is 11.3. The predicted octanol–water partition coefficient (Wildman–Crippen LogP) is 2.27. The van der Waals surface area contributed by atoms with E-state index in [2.05, 4.69) is 10.1 Å². The first-order chi connectivity index (χ1) is 8.52. The lowest BCUT2D eigenvalue weighted by molar-refractivity contribution is 0.102. The van der Waals surface area contributed by atoms with Gasteiger partial charge in [0.25, 0.3) is 0 Å². The number of nitrogens with zero attached hydrogens (tertiary/aromatic N) is 3. The number of aryl methyl sites for hydroxylation is 2. The monoisotopic (exact) mass is 267 g/mol. The molecule has 0 unspecified atom stereocenters. The summed E-state index contributed by atoms with van der Waals surface area (Å²) in [7, 11) is 0. The summed E-state index contributed by atoms with van der Waals surface area (Å²) in [6.07, 6.45) is 0. The average Bonchev–Trinajstić information content (AvgIpc) is 2.87. The van der Waals surface area contributed by atoms with Crippen LogP contribution in [0.3, 0.4) is 0 Å². The van der Waals surface area contributed by atoms with Crippen LogP contribution in [0.15, 0.2) is 10.6 Å². The second-order valence-corrected chi connectivity index (χ2v) is 4.42. The molecular weight excluding hydrogens is 254 g/mol. The molecule has 0 aliphatic heterocycles. The van der Waals surface area contributed by atoms with E-state index in [1.54, 1.807) is 6.92 Å². The number of rotatable bonds is 4. The van der Waals surface area contributed by atoms with Gasteiger partial charge in [-0.05, 0) is 19.9 Å². The van der Waals surface area contributed by atoms with Crippen LogP contribution in [-0.2, 0) is 6.54 Å². The standard InChI is InChI=1S/C12H14ClN3O2/c1-7-4-10(11(17)5-13)8(2)16(7)6-12-14-9(3)18-15-12/h4H,5-6H2,1-3H3. The summed E-state index contributed by atoms with van der Waals surface area (Å²) < 4.78 is 6.91. The average molecular weight is 268 g/mol. The molecule has 0 saturated carbocycles. The SMILES string of the molecule is Cc1nc(Cn2c(C)cc(C(=O)CCl)c2C)no1. The van der Waals surface area contributed by atoms with Crippen LogP contribution in [0.5, 0.6) is 0 Å². The van der Waals surface area contributed by atoms with Crippen molar-refractivity contribution in [3.8, 4) is 0 Å². The Balaban J connectivity index is 2.34. The second kappa shape index (κ2) is 4.94. The van der Waals surface area contributed by atoms with Crippen molar-refractivity contribution in [3.05, 3.63) is 34.7 Å². The summed E-state index contributed by atoms with van der Waals surface area (Å²) in [5, 5.41) is 3.85. The highest BCUT2D eigenvalue weighted by atomic mass is 35.5. The third-order valence-corrected chi connectivity index (χ3v) is 3.11. The lowest BCUT2D eigenvalue weighted by Gasteiger charge is -2.06. The van der Waals surface area contributed by atoms with Gasteiger partial charge in [0.1, 0.15) is 0 Å². The minimum atomic E-state index is -0.0692. The third-order valence-electron chi connectivity index (χ3n) is 2.86. The molecule has 6 heteroatoms. The largest absolute Gasteiger partial charge is 0.341 e. The van der Waals surface area contributed by atoms with Gasteiger partial charge in [-0.15, -0.1) is 11.6 Å². The first-order valence-corrected chi connectivity index (χ1v) is 6.11. The number of aromatic nitrogens is 3. The maximum absolute atomic E-state index is 11.7. The number of carbonyl (C=O) groups excluding carboxylic acids is 1. The van der Waals surface area contributed by atoms with E-state index in [4.69, 9.17) is 16.1 Å². The predicted molar refractivity (Wildman–Crippen MR) is 67.1 cm³/mol. The van der Waals surface area contributed by atoms with E-state index in [-0.39, 0.29) is 11.7 Å². The Morgan fingerprint density at radius 1 is 1.44 bits per heavy atom. The van der Waals surface area contributed by atoms with Crippen LogP contribution >= 0.6 is 11.6 Å². The summed E-state index contributed by atoms with van der Waals surface area (Å²) in [6, 6.07) is 1.84. The van der Waals surface area contributed by atoms with Gasteiger partial charge >= 0.3 is 0 Å². The van der Waals surface area contributed by atoms with Crippen LogP contribution in [0, 0.1) is 20.8 Å². The molecule has 0 bridgehead atoms. The zero-order chi connectivity index (χ0) is 13.3. The van der Waals surface area contributed by atoms with Gasteiger partial charge in [0.2, 0.25) is 5.89 Å². The van der Waals surface area contributed by atoms with Crippen molar-refractivity contribution in [2.75, 3.05) is 5.88 Å². The fourth-order valence-corrected chi connectivity index (χ4v) is 2.09. The quantitative estimate of drug-likeness (QED) is 0.630. The van der Waals surface area contributed by atoms with Crippen LogP contribution in [0.1, 0.15) is 33.5 Å². The Morgan fingerprint density at radius 3 is 2.72 bits per heavy atom. The van der Waals surface area contributed by atoms with Gasteiger partial charge in [-0.2, -0.15) is 4.98 Å². The maximum atomic E-state index is 11.7. The molecule has 0 N–H and O–H groups in total. The molecule has 0 amide bonds. The van der Waals surface area contributed by atoms with Crippen molar-refractivity contribution < 1.29 is 9.32 Å². The third kappa shape index (κ3) is 2.31. The lowest BCUT2D eigenvalue weighted by Crippen LogP contribution is -2.07. The van der Waals surface area contributed by atoms with Crippen LogP contribution in [0.4, 0.5) is 0 Å². The number of hydrogen-bond acceptors (Lipinski definition) is 4. The Labute approximate surface area is 110 Å². The summed E-state index contributed by atoms with van der Waals surface area (Å²) >= 11 is 5.59. The van der Waals surface area contributed by atoms with Gasteiger partial charge in [-0.25, -0.2) is 0 Å². The molecule has 5 nitrogen and oxygen atoms in total. The Bertz CT molecular complexity index is 586. The van der Waals surface area contributed by atoms with Crippen LogP contribution in [-0.4, -0.2) is 26.4 Å². The summed E-state index contributed by atoms with van der Waals surface area (Å²) in [6.45, 7) is 6.06. The number of carbonyl (C=O) groups is 1. The minimum absolute atomic E-state index is 0.00832. The molecule has 0 fully saturated rings. The van der Waals surface area contributed by atoms with Crippen molar-refractivity contribution in [3.63, 3.8) is 0 Å². The van der Waals surface area contributed by atoms with Gasteiger partial charge in [0.15, 0.2) is 11.6 Å². The van der Waals surface area contributed by atoms with E-state index in [1.165, 1.54) is 0 Å². The van der Waals surface area contributed by atoms with E-state index in [0.717, 1.165) is 11.4 Å². The molecule has 2 aromatic rings. The number of ketones is 1. The first-order valence-electron chi connectivity index (χ1n) is 5.58. The highest BCUT2D eigenvalue weighted by Gasteiger charge is 2.16. The van der Waals surface area contributed by atoms with E-state index in [0.29, 0.717) is 23.8 Å². The topological polar surface area (TPSA) is 60.9 Å². The molecule has 2 heterocycles. The molecule has 0 aliphatic rings. The summed E-state index contributed by atoms with van der Waals surface area (Å²) in [5.41, 5.74) is 2.51. The Kier molecular flexibility index (Phi) is 3.52. The molecule has 96 valence electrons. The van der Waals surface area contributed by atoms with E-state index in [1.807, 2.05) is 24.5 Å². The summed E-state index contributed by atoms with van der Waals surface area (Å²) in [4.78, 5) is 15.8. The van der Waals surface area contributed by atoms with E-state index < -0.39 is 0 Å². The van der Waals surface area contributed by atoms with Crippen LogP contribution in [0.25, 0.3) is 0 Å². The van der Waals surface area contributed by atoms with E-state index in [9.17, 15) is 4.79 Å². The number of Topliss-reactive ketones (excluding diaryl/α,β-unsaturated/α-hetero) is 1. The lowest BCUT2D eigenvalue weighted by atomic mass is 10.2. The maximum Gasteiger partial charge on any atom is 0.223 e. The molecule has 0 aromatic carbocycles. The molecule has 2 aromatic heterocycles. The fourth-order valence-electron chi connectivity index (χ4n) is 1.95. The molecular formula is C12H14ClN3O2. The smallest absolute Gasteiger partial charge is 0.223 e. The fraction of sp³-hybridized carbons (Fsp3) is 0.417. The number of alkyl halides is 1. The van der Waals surface area contributed by atoms with Gasteiger partial charge in [0, 0.05) is 23.9 Å². The molecule has 0 atom stereocenters. The van der Waals surface area contributed by atoms with Gasteiger partial charge in [-0.3, -0.25) is 4.79 Å². The van der Waals surface area contributed by atoms with Crippen molar-refractivity contribution in [1.29, 1.82) is 0 Å². The highest BCUT2D eigenvalue weighted by Crippen LogP contribution is 2.17. The molecule has 0 aliphatic carbocycles. The van der Waals surface area contributed by atoms with Gasteiger partial charge < -0.3 is 9.09 Å². The van der Waals surface area contributed by atoms with Crippen molar-refractivity contribution >= 4 is 17.4 Å². The molecule has 0 spiro atoms. The second-order valence-electron chi connectivity index (χ2n) is 4.16. The normalized spacial score (nSPS) is 10.9. The molecule has 0 radical (unpaired) electrons. The minimum Gasteiger partial charge on any atom is -0.341 e. The summed E-state index contributed by atoms with van der Waals surface area (Å²) in [5.74, 6) is 1.05. The number of hydrogen-bond donors (Lipinski definition) is 0. The van der Waals surface area contributed by atoms with Crippen LogP contribution < -0.4 is 0 Å². The Hall–Kier alpha value is -1.62. The van der Waals surface area contributed by atoms with Gasteiger partial charge in [0.05, 0.1) is 12.4 Å².